The SMILES string of the molecule is C=CCn1c(CCCOc2ccc(Cl)cc2C)nnc1SCC(=O)Nc1sc(C(N)=O)c(C)c1C(=O)OC(C)C. The van der Waals surface area contributed by atoms with E-state index >= 15 is 0 Å². The molecule has 13 heteroatoms. The monoisotopic (exact) mass is 605 g/mol. The van der Waals surface area contributed by atoms with Crippen molar-refractivity contribution in [3.05, 3.63) is 63.3 Å². The molecule has 0 bridgehead atoms. The number of amides is 2. The quantitative estimate of drug-likeness (QED) is 0.111. The normalized spacial score (nSPS) is 10.9. The van der Waals surface area contributed by atoms with Crippen LogP contribution in [0.5, 0.6) is 5.75 Å². The average Bonchev–Trinajstić information content (AvgIpc) is 3.41. The van der Waals surface area contributed by atoms with E-state index in [9.17, 15) is 14.4 Å². The fraction of sp³-hybridized carbons (Fsp3) is 0.370. The maximum absolute atomic E-state index is 12.8. The molecule has 2 heterocycles. The number of rotatable bonds is 14. The summed E-state index contributed by atoms with van der Waals surface area (Å²) in [6, 6.07) is 5.49. The maximum Gasteiger partial charge on any atom is 0.341 e. The molecule has 0 unspecified atom stereocenters. The number of primary amides is 1. The van der Waals surface area contributed by atoms with Crippen molar-refractivity contribution in [1.29, 1.82) is 0 Å². The molecule has 0 fully saturated rings. The zero-order chi connectivity index (χ0) is 29.4. The van der Waals surface area contributed by atoms with Crippen LogP contribution in [0.15, 0.2) is 36.0 Å². The molecule has 2 amide bonds. The van der Waals surface area contributed by atoms with Crippen molar-refractivity contribution in [2.45, 2.75) is 58.3 Å². The Kier molecular flexibility index (Phi) is 11.2. The van der Waals surface area contributed by atoms with E-state index in [0.717, 1.165) is 28.5 Å². The second-order valence-electron chi connectivity index (χ2n) is 9.08. The average molecular weight is 606 g/mol. The number of ether oxygens (including phenoxy) is 2. The highest BCUT2D eigenvalue weighted by Crippen LogP contribution is 2.34. The van der Waals surface area contributed by atoms with E-state index in [4.69, 9.17) is 26.8 Å². The number of thiophene rings is 1. The first kappa shape index (κ1) is 31.2. The first-order valence-corrected chi connectivity index (χ1v) is 14.7. The molecule has 3 rings (SSSR count). The van der Waals surface area contributed by atoms with E-state index in [1.165, 1.54) is 11.8 Å². The molecular weight excluding hydrogens is 574 g/mol. The Bertz CT molecular complexity index is 1400. The number of carbonyl (C=O) groups is 3. The van der Waals surface area contributed by atoms with Crippen LogP contribution in [0.4, 0.5) is 5.00 Å². The van der Waals surface area contributed by atoms with Gasteiger partial charge in [0.25, 0.3) is 5.91 Å². The zero-order valence-electron chi connectivity index (χ0n) is 22.8. The number of carbonyl (C=O) groups excluding carboxylic acids is 3. The van der Waals surface area contributed by atoms with Gasteiger partial charge in [-0.25, -0.2) is 4.79 Å². The van der Waals surface area contributed by atoms with Gasteiger partial charge in [0.05, 0.1) is 28.9 Å². The van der Waals surface area contributed by atoms with Crippen LogP contribution >= 0.6 is 34.7 Å². The number of benzene rings is 1. The molecule has 0 saturated heterocycles. The van der Waals surface area contributed by atoms with Gasteiger partial charge >= 0.3 is 5.97 Å². The van der Waals surface area contributed by atoms with E-state index < -0.39 is 11.9 Å². The first-order valence-electron chi connectivity index (χ1n) is 12.5. The summed E-state index contributed by atoms with van der Waals surface area (Å²) < 4.78 is 13.1. The van der Waals surface area contributed by atoms with E-state index in [0.29, 0.717) is 41.7 Å². The molecule has 10 nitrogen and oxygen atoms in total. The van der Waals surface area contributed by atoms with Crippen molar-refractivity contribution < 1.29 is 23.9 Å². The molecule has 0 aliphatic carbocycles. The number of thioether (sulfide) groups is 1. The predicted molar refractivity (Wildman–Crippen MR) is 158 cm³/mol. The van der Waals surface area contributed by atoms with Crippen LogP contribution in [-0.2, 0) is 22.5 Å². The van der Waals surface area contributed by atoms with Gasteiger partial charge in [-0.2, -0.15) is 0 Å². The van der Waals surface area contributed by atoms with Gasteiger partial charge in [-0.15, -0.1) is 28.1 Å². The number of hydrogen-bond donors (Lipinski definition) is 2. The van der Waals surface area contributed by atoms with Crippen LogP contribution in [0.1, 0.15) is 57.2 Å². The summed E-state index contributed by atoms with van der Waals surface area (Å²) in [6.07, 6.45) is 2.68. The fourth-order valence-corrected chi connectivity index (χ4v) is 5.82. The zero-order valence-corrected chi connectivity index (χ0v) is 25.2. The summed E-state index contributed by atoms with van der Waals surface area (Å²) in [4.78, 5) is 37.5. The van der Waals surface area contributed by atoms with Gasteiger partial charge in [-0.05, 0) is 63.4 Å². The Morgan fingerprint density at radius 1 is 1.27 bits per heavy atom. The minimum Gasteiger partial charge on any atom is -0.493 e. The lowest BCUT2D eigenvalue weighted by Gasteiger charge is -2.11. The molecular formula is C27H32ClN5O5S2. The Morgan fingerprint density at radius 2 is 2.02 bits per heavy atom. The highest BCUT2D eigenvalue weighted by atomic mass is 35.5. The molecule has 40 heavy (non-hydrogen) atoms. The Hall–Kier alpha value is -3.35. The number of nitrogens with two attached hydrogens (primary N) is 1. The van der Waals surface area contributed by atoms with Gasteiger partial charge in [-0.1, -0.05) is 29.4 Å². The summed E-state index contributed by atoms with van der Waals surface area (Å²) in [7, 11) is 0. The second-order valence-corrected chi connectivity index (χ2v) is 11.5. The van der Waals surface area contributed by atoms with Gasteiger partial charge in [-0.3, -0.25) is 9.59 Å². The number of nitrogens with zero attached hydrogens (tertiary/aromatic N) is 3. The van der Waals surface area contributed by atoms with Crippen LogP contribution in [0.25, 0.3) is 0 Å². The highest BCUT2D eigenvalue weighted by Gasteiger charge is 2.26. The molecule has 1 aromatic carbocycles. The molecule has 2 aromatic heterocycles. The van der Waals surface area contributed by atoms with Gasteiger partial charge in [0.1, 0.15) is 16.6 Å². The largest absolute Gasteiger partial charge is 0.493 e. The molecule has 0 atom stereocenters. The summed E-state index contributed by atoms with van der Waals surface area (Å²) in [5.41, 5.74) is 6.92. The van der Waals surface area contributed by atoms with Crippen molar-refractivity contribution in [2.75, 3.05) is 17.7 Å². The van der Waals surface area contributed by atoms with Crippen molar-refractivity contribution in [3.63, 3.8) is 0 Å². The van der Waals surface area contributed by atoms with Crippen molar-refractivity contribution in [3.8, 4) is 5.75 Å². The third-order valence-electron chi connectivity index (χ3n) is 5.55. The maximum atomic E-state index is 12.8. The molecule has 0 aliphatic rings. The third kappa shape index (κ3) is 8.09. The van der Waals surface area contributed by atoms with Crippen molar-refractivity contribution in [2.24, 2.45) is 5.73 Å². The number of halogens is 1. The first-order chi connectivity index (χ1) is 19.0. The number of esters is 1. The lowest BCUT2D eigenvalue weighted by atomic mass is 10.1. The topological polar surface area (TPSA) is 138 Å². The van der Waals surface area contributed by atoms with Crippen LogP contribution < -0.4 is 15.8 Å². The van der Waals surface area contributed by atoms with E-state index in [-0.39, 0.29) is 33.2 Å². The molecule has 3 aromatic rings. The summed E-state index contributed by atoms with van der Waals surface area (Å²) in [5.74, 6) is -0.182. The van der Waals surface area contributed by atoms with Gasteiger partial charge in [0.15, 0.2) is 5.16 Å². The lowest BCUT2D eigenvalue weighted by molar-refractivity contribution is -0.113. The summed E-state index contributed by atoms with van der Waals surface area (Å²) in [6.45, 7) is 11.7. The summed E-state index contributed by atoms with van der Waals surface area (Å²) in [5, 5.41) is 12.7. The fourth-order valence-electron chi connectivity index (χ4n) is 3.76. The van der Waals surface area contributed by atoms with E-state index in [1.807, 2.05) is 23.6 Å². The molecule has 0 radical (unpaired) electrons. The predicted octanol–water partition coefficient (Wildman–Crippen LogP) is 5.20. The number of aromatic nitrogens is 3. The number of aryl methyl sites for hydroxylation is 2. The Labute approximate surface area is 246 Å². The molecule has 214 valence electrons. The minimum atomic E-state index is -0.685. The molecule has 0 saturated carbocycles. The second kappa shape index (κ2) is 14.3. The van der Waals surface area contributed by atoms with Crippen LogP contribution in [0, 0.1) is 13.8 Å². The van der Waals surface area contributed by atoms with E-state index in [2.05, 4.69) is 22.1 Å². The van der Waals surface area contributed by atoms with Crippen molar-refractivity contribution >= 4 is 57.5 Å². The number of allylic oxidation sites excluding steroid dienone is 1. The van der Waals surface area contributed by atoms with E-state index in [1.54, 1.807) is 32.9 Å². The van der Waals surface area contributed by atoms with Crippen LogP contribution in [-0.4, -0.2) is 51.0 Å². The van der Waals surface area contributed by atoms with Gasteiger partial charge < -0.3 is 25.1 Å². The Balaban J connectivity index is 1.63. The molecule has 0 aliphatic heterocycles. The number of anilines is 1. The number of hydrogen-bond acceptors (Lipinski definition) is 9. The number of nitrogens with one attached hydrogen (secondary N) is 1. The van der Waals surface area contributed by atoms with Crippen LogP contribution in [0.3, 0.4) is 0 Å². The third-order valence-corrected chi connectivity index (χ3v) is 7.97. The van der Waals surface area contributed by atoms with Crippen molar-refractivity contribution in [1.82, 2.24) is 14.8 Å². The smallest absolute Gasteiger partial charge is 0.341 e. The minimum absolute atomic E-state index is 0.00421. The Morgan fingerprint density at radius 3 is 2.67 bits per heavy atom. The van der Waals surface area contributed by atoms with Crippen LogP contribution in [0.2, 0.25) is 5.02 Å². The highest BCUT2D eigenvalue weighted by molar-refractivity contribution is 7.99. The standard InChI is InChI=1S/C27H32ClN5O5S2/c1-6-11-33-20(8-7-12-37-19-10-9-18(28)13-16(19)4)31-32-27(33)39-14-21(34)30-25-22(26(36)38-15(2)3)17(5)23(40-25)24(29)35/h6,9-10,13,15H,1,7-8,11-12,14H2,2-5H3,(H2,29,35)(H,30,34). The molecule has 3 N–H and O–H groups in total. The van der Waals surface area contributed by atoms with Gasteiger partial charge in [0.2, 0.25) is 5.91 Å². The van der Waals surface area contributed by atoms with Gasteiger partial charge in [0, 0.05) is 18.0 Å². The molecule has 0 spiro atoms. The lowest BCUT2D eigenvalue weighted by Crippen LogP contribution is -2.18. The summed E-state index contributed by atoms with van der Waals surface area (Å²) >= 11 is 8.15.